The second-order valence-corrected chi connectivity index (χ2v) is 8.57. The van der Waals surface area contributed by atoms with Crippen molar-refractivity contribution < 1.29 is 18.7 Å². The van der Waals surface area contributed by atoms with Gasteiger partial charge in [0.05, 0.1) is 26.2 Å². The zero-order valence-corrected chi connectivity index (χ0v) is 20.5. The summed E-state index contributed by atoms with van der Waals surface area (Å²) in [6, 6.07) is 15.3. The van der Waals surface area contributed by atoms with Gasteiger partial charge in [-0.1, -0.05) is 29.8 Å². The van der Waals surface area contributed by atoms with Crippen molar-refractivity contribution in [3.05, 3.63) is 82.6 Å². The quantitative estimate of drug-likeness (QED) is 0.294. The van der Waals surface area contributed by atoms with Crippen molar-refractivity contribution in [1.29, 1.82) is 0 Å². The van der Waals surface area contributed by atoms with Gasteiger partial charge in [-0.25, -0.2) is 0 Å². The van der Waals surface area contributed by atoms with E-state index >= 15 is 0 Å². The summed E-state index contributed by atoms with van der Waals surface area (Å²) >= 11 is 6.06. The molecule has 1 heterocycles. The number of carbonyl (C=O) groups is 1. The van der Waals surface area contributed by atoms with Gasteiger partial charge in [-0.15, -0.1) is 0 Å². The number of hydrogen-bond acceptors (Lipinski definition) is 4. The number of carbonyl (C=O) groups excluding carboxylic acids is 1. The minimum atomic E-state index is -0.258. The first-order valence-corrected chi connectivity index (χ1v) is 11.2. The lowest BCUT2D eigenvalue weighted by Gasteiger charge is -2.14. The van der Waals surface area contributed by atoms with E-state index in [2.05, 4.69) is 5.32 Å². The van der Waals surface area contributed by atoms with Crippen LogP contribution in [0.4, 0.5) is 5.69 Å². The van der Waals surface area contributed by atoms with Gasteiger partial charge in [0.2, 0.25) is 5.91 Å². The Bertz CT molecular complexity index is 1400. The van der Waals surface area contributed by atoms with Crippen LogP contribution < -0.4 is 14.8 Å². The molecule has 1 N–H and O–H groups in total. The number of methoxy groups -OCH3 is 2. The van der Waals surface area contributed by atoms with Gasteiger partial charge in [0.15, 0.2) is 0 Å². The number of anilines is 1. The topological polar surface area (TPSA) is 60.7 Å². The summed E-state index contributed by atoms with van der Waals surface area (Å²) < 4.78 is 17.0. The van der Waals surface area contributed by atoms with Crippen LogP contribution in [0.15, 0.2) is 65.3 Å². The number of ether oxygens (including phenoxy) is 2. The second-order valence-electron chi connectivity index (χ2n) is 8.14. The van der Waals surface area contributed by atoms with E-state index in [1.807, 2.05) is 69.3 Å². The first kappa shape index (κ1) is 23.5. The summed E-state index contributed by atoms with van der Waals surface area (Å²) in [6.45, 7) is 5.80. The molecule has 0 radical (unpaired) electrons. The lowest BCUT2D eigenvalue weighted by atomic mass is 9.96. The molecule has 174 valence electrons. The molecule has 0 fully saturated rings. The van der Waals surface area contributed by atoms with Gasteiger partial charge in [0.25, 0.3) is 0 Å². The smallest absolute Gasteiger partial charge is 0.248 e. The summed E-state index contributed by atoms with van der Waals surface area (Å²) in [5.74, 6) is 1.01. The molecular formula is C28H26ClNO4. The summed E-state index contributed by atoms with van der Waals surface area (Å²) in [4.78, 5) is 12.9. The first-order valence-electron chi connectivity index (χ1n) is 10.8. The van der Waals surface area contributed by atoms with Crippen LogP contribution in [-0.2, 0) is 4.79 Å². The zero-order chi connectivity index (χ0) is 24.4. The van der Waals surface area contributed by atoms with Gasteiger partial charge in [-0.3, -0.25) is 4.79 Å². The van der Waals surface area contributed by atoms with Crippen LogP contribution in [0.5, 0.6) is 11.5 Å². The second kappa shape index (κ2) is 9.65. The lowest BCUT2D eigenvalue weighted by molar-refractivity contribution is -0.111. The number of aryl methyl sites for hydroxylation is 2. The number of nitrogens with one attached hydrogen (secondary N) is 1. The fraction of sp³-hybridized carbons (Fsp3) is 0.179. The Balaban J connectivity index is 1.76. The Morgan fingerprint density at radius 2 is 1.76 bits per heavy atom. The van der Waals surface area contributed by atoms with Gasteiger partial charge in [-0.2, -0.15) is 0 Å². The van der Waals surface area contributed by atoms with Crippen molar-refractivity contribution >= 4 is 39.7 Å². The normalized spacial score (nSPS) is 11.5. The average molecular weight is 476 g/mol. The van der Waals surface area contributed by atoms with E-state index in [9.17, 15) is 4.79 Å². The fourth-order valence-electron chi connectivity index (χ4n) is 4.09. The fourth-order valence-corrected chi connectivity index (χ4v) is 4.21. The van der Waals surface area contributed by atoms with E-state index in [-0.39, 0.29) is 5.91 Å². The van der Waals surface area contributed by atoms with E-state index in [4.69, 9.17) is 25.5 Å². The SMILES string of the molecule is COc1ccc(C)cc1NC(=O)/C=C(\C)c1cc2c(-c3ccc(Cl)cc3)coc2c(C)c1OC. The Kier molecular flexibility index (Phi) is 6.66. The van der Waals surface area contributed by atoms with Crippen molar-refractivity contribution in [3.63, 3.8) is 0 Å². The third-order valence-corrected chi connectivity index (χ3v) is 6.04. The van der Waals surface area contributed by atoms with Crippen LogP contribution in [0.3, 0.4) is 0 Å². The number of allylic oxidation sites excluding steroid dienone is 1. The first-order chi connectivity index (χ1) is 16.3. The van der Waals surface area contributed by atoms with Gasteiger partial charge < -0.3 is 19.2 Å². The molecular weight excluding hydrogens is 450 g/mol. The molecule has 0 saturated heterocycles. The minimum Gasteiger partial charge on any atom is -0.496 e. The molecule has 4 rings (SSSR count). The summed E-state index contributed by atoms with van der Waals surface area (Å²) in [6.07, 6.45) is 3.30. The van der Waals surface area contributed by atoms with E-state index in [0.29, 0.717) is 22.2 Å². The third kappa shape index (κ3) is 4.52. The number of furan rings is 1. The molecule has 4 aromatic rings. The predicted octanol–water partition coefficient (Wildman–Crippen LogP) is 7.43. The predicted molar refractivity (Wildman–Crippen MR) is 138 cm³/mol. The molecule has 6 heteroatoms. The highest BCUT2D eigenvalue weighted by molar-refractivity contribution is 6.30. The number of amides is 1. The zero-order valence-electron chi connectivity index (χ0n) is 19.8. The number of fused-ring (bicyclic) bond motifs is 1. The van der Waals surface area contributed by atoms with E-state index in [1.54, 1.807) is 26.6 Å². The minimum absolute atomic E-state index is 0.258. The molecule has 0 atom stereocenters. The maximum Gasteiger partial charge on any atom is 0.248 e. The molecule has 0 aliphatic rings. The van der Waals surface area contributed by atoms with Crippen molar-refractivity contribution in [2.24, 2.45) is 0 Å². The molecule has 0 saturated carbocycles. The molecule has 1 amide bonds. The number of hydrogen-bond donors (Lipinski definition) is 1. The summed E-state index contributed by atoms with van der Waals surface area (Å²) in [7, 11) is 3.19. The van der Waals surface area contributed by atoms with Crippen LogP contribution >= 0.6 is 11.6 Å². The van der Waals surface area contributed by atoms with Crippen LogP contribution in [0.2, 0.25) is 5.02 Å². The Hall–Kier alpha value is -3.70. The maximum absolute atomic E-state index is 12.9. The van der Waals surface area contributed by atoms with Crippen molar-refractivity contribution in [2.45, 2.75) is 20.8 Å². The molecule has 0 bridgehead atoms. The van der Waals surface area contributed by atoms with Crippen molar-refractivity contribution in [1.82, 2.24) is 0 Å². The maximum atomic E-state index is 12.9. The van der Waals surface area contributed by atoms with Crippen LogP contribution in [0.25, 0.3) is 27.7 Å². The third-order valence-electron chi connectivity index (χ3n) is 5.79. The summed E-state index contributed by atoms with van der Waals surface area (Å²) in [5, 5.41) is 4.52. The average Bonchev–Trinajstić information content (AvgIpc) is 3.24. The van der Waals surface area contributed by atoms with Gasteiger partial charge >= 0.3 is 0 Å². The monoisotopic (exact) mass is 475 g/mol. The van der Waals surface area contributed by atoms with Crippen LogP contribution in [0.1, 0.15) is 23.6 Å². The molecule has 0 aliphatic heterocycles. The van der Waals surface area contributed by atoms with Gasteiger partial charge in [0.1, 0.15) is 17.1 Å². The highest BCUT2D eigenvalue weighted by Crippen LogP contribution is 2.40. The van der Waals surface area contributed by atoms with Crippen LogP contribution in [-0.4, -0.2) is 20.1 Å². The number of benzene rings is 3. The Labute approximate surface area is 203 Å². The Morgan fingerprint density at radius 1 is 1.03 bits per heavy atom. The van der Waals surface area contributed by atoms with Crippen molar-refractivity contribution in [2.75, 3.05) is 19.5 Å². The molecule has 34 heavy (non-hydrogen) atoms. The molecule has 0 spiro atoms. The molecule has 1 aromatic heterocycles. The summed E-state index contributed by atoms with van der Waals surface area (Å²) in [5.41, 5.74) is 6.76. The Morgan fingerprint density at radius 3 is 2.44 bits per heavy atom. The van der Waals surface area contributed by atoms with Crippen molar-refractivity contribution in [3.8, 4) is 22.6 Å². The lowest BCUT2D eigenvalue weighted by Crippen LogP contribution is -2.10. The van der Waals surface area contributed by atoms with Gasteiger partial charge in [0, 0.05) is 33.2 Å². The van der Waals surface area contributed by atoms with E-state index in [0.717, 1.165) is 44.4 Å². The molecule has 5 nitrogen and oxygen atoms in total. The molecule has 0 aliphatic carbocycles. The van der Waals surface area contributed by atoms with E-state index in [1.165, 1.54) is 0 Å². The highest BCUT2D eigenvalue weighted by atomic mass is 35.5. The van der Waals surface area contributed by atoms with Gasteiger partial charge in [-0.05, 0) is 67.8 Å². The molecule has 3 aromatic carbocycles. The molecule has 0 unspecified atom stereocenters. The largest absolute Gasteiger partial charge is 0.496 e. The highest BCUT2D eigenvalue weighted by Gasteiger charge is 2.19. The number of rotatable bonds is 6. The van der Waals surface area contributed by atoms with Crippen LogP contribution in [0, 0.1) is 13.8 Å². The standard InChI is InChI=1S/C28H26ClNO4/c1-16-6-11-25(32-4)24(12-16)30-26(31)13-17(2)21-14-22-23(19-7-9-20(29)10-8-19)15-34-28(22)18(3)27(21)33-5/h6-15H,1-5H3,(H,30,31)/b17-13+. The number of halogens is 1. The van der Waals surface area contributed by atoms with E-state index < -0.39 is 0 Å².